The lowest BCUT2D eigenvalue weighted by molar-refractivity contribution is -0.141. The summed E-state index contributed by atoms with van der Waals surface area (Å²) in [4.78, 5) is 11.7. The highest BCUT2D eigenvalue weighted by Crippen LogP contribution is 2.27. The molecule has 5 nitrogen and oxygen atoms in total. The summed E-state index contributed by atoms with van der Waals surface area (Å²) >= 11 is 0. The standard InChI is InChI=1S/C13H14F3N3O2/c1-9(7-10-3-2-6-21-10)17-12(20)8-19-5-4-11(18-19)13(14,15)16/h2-6,9H,7-8H2,1H3,(H,17,20)/t9-/m1/s1. The van der Waals surface area contributed by atoms with Crippen LogP contribution in [0.3, 0.4) is 0 Å². The van der Waals surface area contributed by atoms with Crippen LogP contribution in [-0.2, 0) is 23.9 Å². The van der Waals surface area contributed by atoms with Crippen molar-refractivity contribution in [3.63, 3.8) is 0 Å². The largest absolute Gasteiger partial charge is 0.469 e. The van der Waals surface area contributed by atoms with E-state index in [2.05, 4.69) is 10.4 Å². The number of nitrogens with one attached hydrogen (secondary N) is 1. The Morgan fingerprint density at radius 3 is 2.81 bits per heavy atom. The summed E-state index contributed by atoms with van der Waals surface area (Å²) in [5, 5.41) is 5.99. The average molecular weight is 301 g/mol. The number of nitrogens with zero attached hydrogens (tertiary/aromatic N) is 2. The Balaban J connectivity index is 1.85. The van der Waals surface area contributed by atoms with Crippen LogP contribution in [0.1, 0.15) is 18.4 Å². The molecule has 2 aromatic heterocycles. The molecule has 0 aliphatic heterocycles. The molecule has 0 aliphatic rings. The maximum Gasteiger partial charge on any atom is 0.435 e. The summed E-state index contributed by atoms with van der Waals surface area (Å²) in [6.45, 7) is 1.52. The van der Waals surface area contributed by atoms with Gasteiger partial charge in [-0.1, -0.05) is 0 Å². The summed E-state index contributed by atoms with van der Waals surface area (Å²) in [7, 11) is 0. The van der Waals surface area contributed by atoms with E-state index in [0.29, 0.717) is 6.42 Å². The summed E-state index contributed by atoms with van der Waals surface area (Å²) in [5.41, 5.74) is -1.01. The number of alkyl halides is 3. The molecule has 21 heavy (non-hydrogen) atoms. The Morgan fingerprint density at radius 1 is 1.48 bits per heavy atom. The smallest absolute Gasteiger partial charge is 0.435 e. The van der Waals surface area contributed by atoms with Gasteiger partial charge in [0.05, 0.1) is 6.26 Å². The zero-order valence-electron chi connectivity index (χ0n) is 11.2. The van der Waals surface area contributed by atoms with Crippen molar-refractivity contribution < 1.29 is 22.4 Å². The average Bonchev–Trinajstić information content (AvgIpc) is 2.98. The highest BCUT2D eigenvalue weighted by molar-refractivity contribution is 5.75. The first-order valence-corrected chi connectivity index (χ1v) is 6.27. The fraction of sp³-hybridized carbons (Fsp3) is 0.385. The van der Waals surface area contributed by atoms with Crippen molar-refractivity contribution in [1.29, 1.82) is 0 Å². The predicted octanol–water partition coefficient (Wildman–Crippen LogP) is 2.24. The van der Waals surface area contributed by atoms with E-state index in [9.17, 15) is 18.0 Å². The lowest BCUT2D eigenvalue weighted by Crippen LogP contribution is -2.36. The lowest BCUT2D eigenvalue weighted by Gasteiger charge is -2.12. The van der Waals surface area contributed by atoms with E-state index >= 15 is 0 Å². The number of rotatable bonds is 5. The van der Waals surface area contributed by atoms with E-state index in [1.807, 2.05) is 0 Å². The van der Waals surface area contributed by atoms with Gasteiger partial charge in [0.15, 0.2) is 5.69 Å². The van der Waals surface area contributed by atoms with Crippen molar-refractivity contribution >= 4 is 5.91 Å². The van der Waals surface area contributed by atoms with E-state index in [0.717, 1.165) is 22.7 Å². The molecule has 0 aliphatic carbocycles. The van der Waals surface area contributed by atoms with Crippen LogP contribution >= 0.6 is 0 Å². The number of halogens is 3. The molecule has 1 atom stereocenters. The molecular weight excluding hydrogens is 287 g/mol. The fourth-order valence-corrected chi connectivity index (χ4v) is 1.85. The Hall–Kier alpha value is -2.25. The van der Waals surface area contributed by atoms with Crippen LogP contribution in [-0.4, -0.2) is 21.7 Å². The Bertz CT molecular complexity index is 590. The Labute approximate surface area is 118 Å². The third-order valence-corrected chi connectivity index (χ3v) is 2.73. The number of carbonyl (C=O) groups is 1. The van der Waals surface area contributed by atoms with Crippen LogP contribution in [0.15, 0.2) is 35.1 Å². The number of hydrogen-bond acceptors (Lipinski definition) is 3. The maximum atomic E-state index is 12.4. The molecular formula is C13H14F3N3O2. The lowest BCUT2D eigenvalue weighted by atomic mass is 10.2. The molecule has 0 saturated heterocycles. The molecule has 2 heterocycles. The molecule has 0 aromatic carbocycles. The van der Waals surface area contributed by atoms with Gasteiger partial charge >= 0.3 is 6.18 Å². The monoisotopic (exact) mass is 301 g/mol. The second-order valence-corrected chi connectivity index (χ2v) is 4.65. The van der Waals surface area contributed by atoms with E-state index in [1.165, 1.54) is 6.26 Å². The van der Waals surface area contributed by atoms with Crippen molar-refractivity contribution in [3.05, 3.63) is 42.1 Å². The molecule has 2 rings (SSSR count). The highest BCUT2D eigenvalue weighted by Gasteiger charge is 2.33. The highest BCUT2D eigenvalue weighted by atomic mass is 19.4. The first-order chi connectivity index (χ1) is 9.84. The first-order valence-electron chi connectivity index (χ1n) is 6.27. The van der Waals surface area contributed by atoms with Crippen LogP contribution in [0.4, 0.5) is 13.2 Å². The molecule has 1 amide bonds. The van der Waals surface area contributed by atoms with Crippen molar-refractivity contribution in [2.45, 2.75) is 32.1 Å². The fourth-order valence-electron chi connectivity index (χ4n) is 1.85. The van der Waals surface area contributed by atoms with Crippen molar-refractivity contribution in [1.82, 2.24) is 15.1 Å². The minimum absolute atomic E-state index is 0.193. The molecule has 0 fully saturated rings. The molecule has 0 spiro atoms. The van der Waals surface area contributed by atoms with Gasteiger partial charge in [-0.25, -0.2) is 0 Å². The number of furan rings is 1. The summed E-state index contributed by atoms with van der Waals surface area (Å²) in [6, 6.07) is 4.17. The summed E-state index contributed by atoms with van der Waals surface area (Å²) in [5.74, 6) is 0.312. The Morgan fingerprint density at radius 2 is 2.24 bits per heavy atom. The third-order valence-electron chi connectivity index (χ3n) is 2.73. The van der Waals surface area contributed by atoms with Gasteiger partial charge in [0.25, 0.3) is 0 Å². The van der Waals surface area contributed by atoms with Crippen LogP contribution in [0.2, 0.25) is 0 Å². The van der Waals surface area contributed by atoms with Crippen molar-refractivity contribution in [2.75, 3.05) is 0 Å². The van der Waals surface area contributed by atoms with Gasteiger partial charge in [0, 0.05) is 18.7 Å². The number of hydrogen-bond donors (Lipinski definition) is 1. The van der Waals surface area contributed by atoms with E-state index < -0.39 is 17.8 Å². The molecule has 0 bridgehead atoms. The van der Waals surface area contributed by atoms with Gasteiger partial charge in [-0.3, -0.25) is 9.48 Å². The number of aromatic nitrogens is 2. The third kappa shape index (κ3) is 4.37. The topological polar surface area (TPSA) is 60.1 Å². The molecule has 0 unspecified atom stereocenters. The molecule has 2 aromatic rings. The quantitative estimate of drug-likeness (QED) is 0.921. The normalized spacial score (nSPS) is 13.1. The van der Waals surface area contributed by atoms with Crippen LogP contribution < -0.4 is 5.32 Å². The van der Waals surface area contributed by atoms with E-state index in [4.69, 9.17) is 4.42 Å². The summed E-state index contributed by atoms with van der Waals surface area (Å²) < 4.78 is 43.2. The van der Waals surface area contributed by atoms with Crippen LogP contribution in [0, 0.1) is 0 Å². The second-order valence-electron chi connectivity index (χ2n) is 4.65. The minimum Gasteiger partial charge on any atom is -0.469 e. The van der Waals surface area contributed by atoms with Gasteiger partial charge in [0.2, 0.25) is 5.91 Å². The predicted molar refractivity (Wildman–Crippen MR) is 67.2 cm³/mol. The molecule has 0 radical (unpaired) electrons. The van der Waals surface area contributed by atoms with Crippen molar-refractivity contribution in [2.24, 2.45) is 0 Å². The van der Waals surface area contributed by atoms with E-state index in [1.54, 1.807) is 19.1 Å². The zero-order chi connectivity index (χ0) is 15.5. The van der Waals surface area contributed by atoms with Gasteiger partial charge in [-0.05, 0) is 25.1 Å². The number of carbonyl (C=O) groups excluding carboxylic acids is 1. The van der Waals surface area contributed by atoms with Gasteiger partial charge in [0.1, 0.15) is 12.3 Å². The Kier molecular flexibility index (Phi) is 4.35. The molecule has 8 heteroatoms. The van der Waals surface area contributed by atoms with Crippen LogP contribution in [0.5, 0.6) is 0 Å². The molecule has 0 saturated carbocycles. The van der Waals surface area contributed by atoms with Gasteiger partial charge in [-0.2, -0.15) is 18.3 Å². The summed E-state index contributed by atoms with van der Waals surface area (Å²) in [6.07, 6.45) is -1.34. The minimum atomic E-state index is -4.51. The van der Waals surface area contributed by atoms with Gasteiger partial charge in [-0.15, -0.1) is 0 Å². The maximum absolute atomic E-state index is 12.4. The zero-order valence-corrected chi connectivity index (χ0v) is 11.2. The van der Waals surface area contributed by atoms with Crippen molar-refractivity contribution in [3.8, 4) is 0 Å². The first kappa shape index (κ1) is 15.1. The van der Waals surface area contributed by atoms with Crippen LogP contribution in [0.25, 0.3) is 0 Å². The molecule has 1 N–H and O–H groups in total. The second kappa shape index (κ2) is 6.02. The van der Waals surface area contributed by atoms with E-state index in [-0.39, 0.29) is 12.6 Å². The number of amides is 1. The van der Waals surface area contributed by atoms with Gasteiger partial charge < -0.3 is 9.73 Å². The SMILES string of the molecule is C[C@H](Cc1ccco1)NC(=O)Cn1ccc(C(F)(F)F)n1. The molecule has 114 valence electrons.